The van der Waals surface area contributed by atoms with Crippen LogP contribution in [0.5, 0.6) is 5.75 Å². The third-order valence-corrected chi connectivity index (χ3v) is 6.50. The molecule has 1 saturated carbocycles. The lowest BCUT2D eigenvalue weighted by molar-refractivity contribution is -0.148. The van der Waals surface area contributed by atoms with E-state index in [9.17, 15) is 5.11 Å². The highest BCUT2D eigenvalue weighted by atomic mass is 16.5. The summed E-state index contributed by atoms with van der Waals surface area (Å²) in [6, 6.07) is 8.01. The van der Waals surface area contributed by atoms with Crippen molar-refractivity contribution in [3.05, 3.63) is 53.6 Å². The number of fused-ring (bicyclic) bond motifs is 2. The highest BCUT2D eigenvalue weighted by molar-refractivity contribution is 5.33. The monoisotopic (exact) mass is 381 g/mol. The quantitative estimate of drug-likeness (QED) is 0.829. The molecule has 5 nitrogen and oxygen atoms in total. The molecule has 0 spiro atoms. The lowest BCUT2D eigenvalue weighted by atomic mass is 9.62. The summed E-state index contributed by atoms with van der Waals surface area (Å²) in [4.78, 5) is 11.5. The van der Waals surface area contributed by atoms with E-state index in [1.54, 1.807) is 7.11 Å². The number of aliphatic hydroxyl groups is 1. The molecule has 2 fully saturated rings. The molecule has 1 aliphatic carbocycles. The van der Waals surface area contributed by atoms with E-state index in [2.05, 4.69) is 21.8 Å². The number of hydrogen-bond acceptors (Lipinski definition) is 5. The number of ether oxygens (including phenoxy) is 1. The van der Waals surface area contributed by atoms with Gasteiger partial charge in [0.1, 0.15) is 11.6 Å². The SMILES string of the molecule is CCCc1ncc(CN2C[C@H]3CCC[C@H](C2)C3(O)c2ccc(OC)cc2)cn1. The molecule has 0 unspecified atom stereocenters. The predicted molar refractivity (Wildman–Crippen MR) is 109 cm³/mol. The first-order chi connectivity index (χ1) is 13.6. The maximum Gasteiger partial charge on any atom is 0.128 e. The molecule has 1 N–H and O–H groups in total. The van der Waals surface area contributed by atoms with Gasteiger partial charge < -0.3 is 9.84 Å². The molecule has 1 aromatic heterocycles. The Hall–Kier alpha value is -1.98. The van der Waals surface area contributed by atoms with Gasteiger partial charge in [0, 0.05) is 55.8 Å². The fourth-order valence-electron chi connectivity index (χ4n) is 5.08. The second-order valence-corrected chi connectivity index (χ2v) is 8.33. The van der Waals surface area contributed by atoms with Crippen molar-refractivity contribution in [1.82, 2.24) is 14.9 Å². The van der Waals surface area contributed by atoms with Crippen LogP contribution in [0.3, 0.4) is 0 Å². The molecule has 2 aromatic rings. The molecule has 2 bridgehead atoms. The molecule has 2 heterocycles. The van der Waals surface area contributed by atoms with E-state index in [1.807, 2.05) is 36.7 Å². The van der Waals surface area contributed by atoms with Gasteiger partial charge in [0.2, 0.25) is 0 Å². The minimum Gasteiger partial charge on any atom is -0.497 e. The second-order valence-electron chi connectivity index (χ2n) is 8.33. The Labute approximate surface area is 167 Å². The van der Waals surface area contributed by atoms with Crippen molar-refractivity contribution in [3.63, 3.8) is 0 Å². The van der Waals surface area contributed by atoms with E-state index in [0.29, 0.717) is 0 Å². The zero-order chi connectivity index (χ0) is 19.6. The van der Waals surface area contributed by atoms with Crippen molar-refractivity contribution in [2.24, 2.45) is 11.8 Å². The molecular weight excluding hydrogens is 350 g/mol. The van der Waals surface area contributed by atoms with E-state index in [0.717, 1.165) is 68.0 Å². The van der Waals surface area contributed by atoms with Crippen molar-refractivity contribution in [2.75, 3.05) is 20.2 Å². The van der Waals surface area contributed by atoms with Crippen LogP contribution >= 0.6 is 0 Å². The van der Waals surface area contributed by atoms with Crippen molar-refractivity contribution in [2.45, 2.75) is 51.2 Å². The molecule has 1 saturated heterocycles. The number of nitrogens with zero attached hydrogens (tertiary/aromatic N) is 3. The molecule has 5 heteroatoms. The smallest absolute Gasteiger partial charge is 0.128 e. The third kappa shape index (κ3) is 3.65. The number of hydrogen-bond donors (Lipinski definition) is 1. The van der Waals surface area contributed by atoms with Crippen LogP contribution in [0.1, 0.15) is 49.6 Å². The van der Waals surface area contributed by atoms with Crippen LogP contribution < -0.4 is 4.74 Å². The minimum atomic E-state index is -0.734. The number of aromatic nitrogens is 2. The summed E-state index contributed by atoms with van der Waals surface area (Å²) in [6.45, 7) is 4.83. The van der Waals surface area contributed by atoms with Gasteiger partial charge in [-0.3, -0.25) is 4.90 Å². The van der Waals surface area contributed by atoms with E-state index >= 15 is 0 Å². The number of benzene rings is 1. The lowest BCUT2D eigenvalue weighted by Crippen LogP contribution is -2.57. The predicted octanol–water partition coefficient (Wildman–Crippen LogP) is 3.56. The van der Waals surface area contributed by atoms with Crippen LogP contribution in [-0.4, -0.2) is 40.2 Å². The number of rotatable bonds is 6. The van der Waals surface area contributed by atoms with Gasteiger partial charge in [-0.1, -0.05) is 25.5 Å². The van der Waals surface area contributed by atoms with E-state index in [1.165, 1.54) is 6.42 Å². The number of piperidine rings is 1. The van der Waals surface area contributed by atoms with Gasteiger partial charge in [-0.2, -0.15) is 0 Å². The molecule has 2 aliphatic rings. The summed E-state index contributed by atoms with van der Waals surface area (Å²) >= 11 is 0. The molecule has 2 atom stereocenters. The molecular formula is C23H31N3O2. The third-order valence-electron chi connectivity index (χ3n) is 6.50. The molecule has 0 radical (unpaired) electrons. The Balaban J connectivity index is 1.49. The summed E-state index contributed by atoms with van der Waals surface area (Å²) in [5.41, 5.74) is 1.46. The molecule has 1 aromatic carbocycles. The van der Waals surface area contributed by atoms with Gasteiger partial charge in [-0.05, 0) is 37.0 Å². The highest BCUT2D eigenvalue weighted by Crippen LogP contribution is 2.49. The van der Waals surface area contributed by atoms with E-state index in [4.69, 9.17) is 4.74 Å². The van der Waals surface area contributed by atoms with Crippen molar-refractivity contribution >= 4 is 0 Å². The molecule has 150 valence electrons. The fourth-order valence-corrected chi connectivity index (χ4v) is 5.08. The standard InChI is InChI=1S/C23H31N3O2/c1-3-5-22-24-12-17(13-25-22)14-26-15-19-6-4-7-20(16-26)23(19,27)18-8-10-21(28-2)11-9-18/h8-13,19-20,27H,3-7,14-16H2,1-2H3/t19-,20-/m1/s1. The normalized spacial score (nSPS) is 27.5. The summed E-state index contributed by atoms with van der Waals surface area (Å²) in [5, 5.41) is 11.8. The minimum absolute atomic E-state index is 0.258. The fraction of sp³-hybridized carbons (Fsp3) is 0.565. The van der Waals surface area contributed by atoms with Crippen LogP contribution in [-0.2, 0) is 18.6 Å². The lowest BCUT2D eigenvalue weighted by Gasteiger charge is -2.53. The molecule has 1 aliphatic heterocycles. The maximum atomic E-state index is 11.8. The maximum absolute atomic E-state index is 11.8. The summed E-state index contributed by atoms with van der Waals surface area (Å²) < 4.78 is 5.29. The second kappa shape index (κ2) is 8.18. The largest absolute Gasteiger partial charge is 0.497 e. The van der Waals surface area contributed by atoms with Gasteiger partial charge >= 0.3 is 0 Å². The van der Waals surface area contributed by atoms with Gasteiger partial charge in [0.25, 0.3) is 0 Å². The summed E-state index contributed by atoms with van der Waals surface area (Å²) in [6.07, 6.45) is 9.29. The Morgan fingerprint density at radius 3 is 2.32 bits per heavy atom. The van der Waals surface area contributed by atoms with E-state index < -0.39 is 5.60 Å². The number of likely N-dealkylation sites (tertiary alicyclic amines) is 1. The molecule has 28 heavy (non-hydrogen) atoms. The van der Waals surface area contributed by atoms with Gasteiger partial charge in [-0.15, -0.1) is 0 Å². The number of aryl methyl sites for hydroxylation is 1. The zero-order valence-electron chi connectivity index (χ0n) is 17.0. The van der Waals surface area contributed by atoms with E-state index in [-0.39, 0.29) is 11.8 Å². The Morgan fingerprint density at radius 2 is 1.75 bits per heavy atom. The summed E-state index contributed by atoms with van der Waals surface area (Å²) in [5.74, 6) is 2.28. The van der Waals surface area contributed by atoms with Crippen molar-refractivity contribution < 1.29 is 9.84 Å². The first-order valence-electron chi connectivity index (χ1n) is 10.5. The van der Waals surface area contributed by atoms with Crippen molar-refractivity contribution in [1.29, 1.82) is 0 Å². The van der Waals surface area contributed by atoms with Crippen LogP contribution in [0.4, 0.5) is 0 Å². The average Bonchev–Trinajstić information content (AvgIpc) is 2.70. The van der Waals surface area contributed by atoms with Crippen molar-refractivity contribution in [3.8, 4) is 5.75 Å². The average molecular weight is 382 g/mol. The van der Waals surface area contributed by atoms with Gasteiger partial charge in [0.15, 0.2) is 0 Å². The Morgan fingerprint density at radius 1 is 1.11 bits per heavy atom. The highest BCUT2D eigenvalue weighted by Gasteiger charge is 2.51. The molecule has 0 amide bonds. The van der Waals surface area contributed by atoms with Crippen LogP contribution in [0.2, 0.25) is 0 Å². The Bertz CT molecular complexity index is 761. The van der Waals surface area contributed by atoms with Crippen LogP contribution in [0.15, 0.2) is 36.7 Å². The summed E-state index contributed by atoms with van der Waals surface area (Å²) in [7, 11) is 1.68. The first kappa shape index (κ1) is 19.3. The molecule has 4 rings (SSSR count). The number of methoxy groups -OCH3 is 1. The zero-order valence-corrected chi connectivity index (χ0v) is 17.0. The van der Waals surface area contributed by atoms with Crippen LogP contribution in [0, 0.1) is 11.8 Å². The van der Waals surface area contributed by atoms with Crippen LogP contribution in [0.25, 0.3) is 0 Å². The Kier molecular flexibility index (Phi) is 5.65. The first-order valence-corrected chi connectivity index (χ1v) is 10.5. The van der Waals surface area contributed by atoms with Gasteiger partial charge in [0.05, 0.1) is 12.7 Å². The topological polar surface area (TPSA) is 58.5 Å². The van der Waals surface area contributed by atoms with Gasteiger partial charge in [-0.25, -0.2) is 9.97 Å².